The van der Waals surface area contributed by atoms with Gasteiger partial charge in [-0.25, -0.2) is 0 Å². The van der Waals surface area contributed by atoms with Crippen LogP contribution in [0.15, 0.2) is 35.1 Å². The second kappa shape index (κ2) is 8.25. The molecule has 1 fully saturated rings. The van der Waals surface area contributed by atoms with E-state index in [1.807, 2.05) is 36.1 Å². The van der Waals surface area contributed by atoms with Gasteiger partial charge in [0.2, 0.25) is 5.91 Å². The molecule has 0 bridgehead atoms. The zero-order chi connectivity index (χ0) is 23.3. The first kappa shape index (κ1) is 21.6. The molecular weight excluding hydrogens is 416 g/mol. The number of hydrogen-bond acceptors (Lipinski definition) is 4. The molecule has 0 saturated heterocycles. The van der Waals surface area contributed by atoms with Gasteiger partial charge in [-0.2, -0.15) is 0 Å². The van der Waals surface area contributed by atoms with Gasteiger partial charge in [-0.05, 0) is 91.1 Å². The van der Waals surface area contributed by atoms with Crippen LogP contribution in [0.2, 0.25) is 0 Å². The molecule has 1 atom stereocenters. The molecule has 2 aliphatic rings. The molecule has 1 N–H and O–H groups in total. The van der Waals surface area contributed by atoms with Gasteiger partial charge in [0.25, 0.3) is 5.56 Å². The molecule has 1 aliphatic heterocycles. The van der Waals surface area contributed by atoms with Crippen LogP contribution >= 0.6 is 0 Å². The maximum absolute atomic E-state index is 13.5. The van der Waals surface area contributed by atoms with Crippen molar-refractivity contribution in [3.63, 3.8) is 0 Å². The van der Waals surface area contributed by atoms with Crippen LogP contribution in [0.5, 0.6) is 11.5 Å². The van der Waals surface area contributed by atoms with Gasteiger partial charge in [-0.15, -0.1) is 0 Å². The van der Waals surface area contributed by atoms with E-state index in [0.717, 1.165) is 46.9 Å². The molecule has 1 aliphatic carbocycles. The van der Waals surface area contributed by atoms with Crippen molar-refractivity contribution in [1.29, 1.82) is 0 Å². The van der Waals surface area contributed by atoms with E-state index in [1.54, 1.807) is 14.2 Å². The Labute approximate surface area is 193 Å². The van der Waals surface area contributed by atoms with Crippen LogP contribution in [0.25, 0.3) is 10.9 Å². The molecule has 172 valence electrons. The second-order valence-corrected chi connectivity index (χ2v) is 9.30. The Morgan fingerprint density at radius 1 is 0.970 bits per heavy atom. The predicted octanol–water partition coefficient (Wildman–Crippen LogP) is 4.44. The van der Waals surface area contributed by atoms with E-state index in [9.17, 15) is 9.59 Å². The van der Waals surface area contributed by atoms with E-state index in [0.29, 0.717) is 30.0 Å². The van der Waals surface area contributed by atoms with Crippen molar-refractivity contribution in [2.45, 2.75) is 45.6 Å². The average Bonchev–Trinajstić information content (AvgIpc) is 2.77. The van der Waals surface area contributed by atoms with Crippen LogP contribution in [0.3, 0.4) is 0 Å². The van der Waals surface area contributed by atoms with Gasteiger partial charge in [0.15, 0.2) is 11.5 Å². The number of ether oxygens (including phenoxy) is 2. The monoisotopic (exact) mass is 446 g/mol. The molecule has 33 heavy (non-hydrogen) atoms. The molecule has 1 amide bonds. The minimum atomic E-state index is -0.462. The summed E-state index contributed by atoms with van der Waals surface area (Å²) in [4.78, 5) is 31.9. The standard InChI is InChI=1S/C27H30N2O4/c1-15-10-19-12-21(26(30)28-22(19)11-16(15)2)25-20-14-24(33-4)23(32-3)13-18(20)8-9-29(25)27(31)17-6-5-7-17/h10-14,17,25H,5-9H2,1-4H3,(H,28,30)/t25-/m1/s1. The zero-order valence-electron chi connectivity index (χ0n) is 19.7. The maximum atomic E-state index is 13.5. The van der Waals surface area contributed by atoms with Crippen molar-refractivity contribution in [2.75, 3.05) is 20.8 Å². The largest absolute Gasteiger partial charge is 0.493 e. The molecule has 2 aromatic carbocycles. The minimum Gasteiger partial charge on any atom is -0.493 e. The summed E-state index contributed by atoms with van der Waals surface area (Å²) in [5.74, 6) is 1.46. The number of pyridine rings is 1. The smallest absolute Gasteiger partial charge is 0.254 e. The fourth-order valence-electron chi connectivity index (χ4n) is 5.11. The lowest BCUT2D eigenvalue weighted by Crippen LogP contribution is -2.46. The van der Waals surface area contributed by atoms with Crippen LogP contribution in [0, 0.1) is 19.8 Å². The third kappa shape index (κ3) is 3.58. The lowest BCUT2D eigenvalue weighted by Gasteiger charge is -2.41. The number of carbonyl (C=O) groups is 1. The Morgan fingerprint density at radius 3 is 2.33 bits per heavy atom. The van der Waals surface area contributed by atoms with E-state index in [-0.39, 0.29) is 17.4 Å². The van der Waals surface area contributed by atoms with Crippen molar-refractivity contribution in [3.05, 3.63) is 68.5 Å². The summed E-state index contributed by atoms with van der Waals surface area (Å²) >= 11 is 0. The highest BCUT2D eigenvalue weighted by atomic mass is 16.5. The Hall–Kier alpha value is -3.28. The Kier molecular flexibility index (Phi) is 5.39. The number of nitrogens with one attached hydrogen (secondary N) is 1. The number of aryl methyl sites for hydroxylation is 2. The van der Waals surface area contributed by atoms with Crippen LogP contribution < -0.4 is 15.0 Å². The Balaban J connectivity index is 1.72. The van der Waals surface area contributed by atoms with Gasteiger partial charge >= 0.3 is 0 Å². The summed E-state index contributed by atoms with van der Waals surface area (Å²) in [5.41, 5.74) is 5.55. The highest BCUT2D eigenvalue weighted by Crippen LogP contribution is 2.42. The Bertz CT molecular complexity index is 1310. The fraction of sp³-hybridized carbons (Fsp3) is 0.407. The van der Waals surface area contributed by atoms with E-state index in [4.69, 9.17) is 9.47 Å². The van der Waals surface area contributed by atoms with Gasteiger partial charge in [0, 0.05) is 23.5 Å². The zero-order valence-corrected chi connectivity index (χ0v) is 19.7. The molecule has 1 aromatic heterocycles. The first-order valence-electron chi connectivity index (χ1n) is 11.6. The highest BCUT2D eigenvalue weighted by molar-refractivity contribution is 5.83. The molecular formula is C27H30N2O4. The number of hydrogen-bond donors (Lipinski definition) is 1. The number of amides is 1. The number of rotatable bonds is 4. The average molecular weight is 447 g/mol. The third-order valence-corrected chi connectivity index (χ3v) is 7.39. The summed E-state index contributed by atoms with van der Waals surface area (Å²) in [6, 6.07) is 9.52. The van der Waals surface area contributed by atoms with Crippen molar-refractivity contribution in [2.24, 2.45) is 5.92 Å². The fourth-order valence-corrected chi connectivity index (χ4v) is 5.11. The molecule has 0 radical (unpaired) electrons. The van der Waals surface area contributed by atoms with Crippen LogP contribution in [-0.2, 0) is 11.2 Å². The van der Waals surface area contributed by atoms with Crippen molar-refractivity contribution >= 4 is 16.8 Å². The molecule has 6 nitrogen and oxygen atoms in total. The van der Waals surface area contributed by atoms with Gasteiger partial charge in [-0.1, -0.05) is 6.42 Å². The number of nitrogens with zero attached hydrogens (tertiary/aromatic N) is 1. The van der Waals surface area contributed by atoms with Crippen molar-refractivity contribution in [3.8, 4) is 11.5 Å². The number of aromatic nitrogens is 1. The summed E-state index contributed by atoms with van der Waals surface area (Å²) in [6.45, 7) is 4.68. The number of fused-ring (bicyclic) bond motifs is 2. The molecule has 3 aromatic rings. The molecule has 6 heteroatoms. The van der Waals surface area contributed by atoms with E-state index in [2.05, 4.69) is 18.0 Å². The van der Waals surface area contributed by atoms with Crippen LogP contribution in [0.4, 0.5) is 0 Å². The molecule has 1 saturated carbocycles. The summed E-state index contributed by atoms with van der Waals surface area (Å²) < 4.78 is 11.1. The van der Waals surface area contributed by atoms with Gasteiger partial charge in [-0.3, -0.25) is 9.59 Å². The quantitative estimate of drug-likeness (QED) is 0.643. The first-order chi connectivity index (χ1) is 15.9. The summed E-state index contributed by atoms with van der Waals surface area (Å²) in [6.07, 6.45) is 3.65. The molecule has 5 rings (SSSR count). The molecule has 2 heterocycles. The molecule has 0 spiro atoms. The second-order valence-electron chi connectivity index (χ2n) is 9.30. The van der Waals surface area contributed by atoms with E-state index < -0.39 is 6.04 Å². The number of carbonyl (C=O) groups excluding carboxylic acids is 1. The molecule has 0 unspecified atom stereocenters. The third-order valence-electron chi connectivity index (χ3n) is 7.39. The minimum absolute atomic E-state index is 0.0543. The lowest BCUT2D eigenvalue weighted by atomic mass is 9.81. The van der Waals surface area contributed by atoms with Gasteiger partial charge < -0.3 is 19.4 Å². The number of methoxy groups -OCH3 is 2. The van der Waals surface area contributed by atoms with Crippen molar-refractivity contribution < 1.29 is 14.3 Å². The maximum Gasteiger partial charge on any atom is 0.254 e. The normalized spacial score (nSPS) is 18.1. The Morgan fingerprint density at radius 2 is 1.67 bits per heavy atom. The highest BCUT2D eigenvalue weighted by Gasteiger charge is 2.39. The predicted molar refractivity (Wildman–Crippen MR) is 128 cm³/mol. The van der Waals surface area contributed by atoms with Crippen LogP contribution in [0.1, 0.15) is 53.1 Å². The van der Waals surface area contributed by atoms with E-state index >= 15 is 0 Å². The van der Waals surface area contributed by atoms with E-state index in [1.165, 1.54) is 5.56 Å². The summed E-state index contributed by atoms with van der Waals surface area (Å²) in [5, 5.41) is 0.969. The first-order valence-corrected chi connectivity index (χ1v) is 11.6. The van der Waals surface area contributed by atoms with Gasteiger partial charge in [0.05, 0.1) is 20.3 Å². The number of benzene rings is 2. The van der Waals surface area contributed by atoms with Crippen molar-refractivity contribution in [1.82, 2.24) is 9.88 Å². The SMILES string of the molecule is COc1cc2c(cc1OC)[C@H](c1cc3cc(C)c(C)cc3[nH]c1=O)N(C(=O)C1CCC1)CC2. The lowest BCUT2D eigenvalue weighted by molar-refractivity contribution is -0.140. The summed E-state index contributed by atoms with van der Waals surface area (Å²) in [7, 11) is 3.22. The number of aromatic amines is 1. The topological polar surface area (TPSA) is 71.6 Å². The van der Waals surface area contributed by atoms with Crippen LogP contribution in [-0.4, -0.2) is 36.6 Å². The van der Waals surface area contributed by atoms with Gasteiger partial charge in [0.1, 0.15) is 0 Å². The number of H-pyrrole nitrogens is 1.